The molecule has 2 nitrogen and oxygen atoms in total. The van der Waals surface area contributed by atoms with Gasteiger partial charge in [-0.3, -0.25) is 0 Å². The summed E-state index contributed by atoms with van der Waals surface area (Å²) in [6.07, 6.45) is 4.16. The molecule has 0 bridgehead atoms. The van der Waals surface area contributed by atoms with Crippen molar-refractivity contribution in [3.8, 4) is 0 Å². The maximum Gasteiger partial charge on any atom is 0.00647 e. The third-order valence-electron chi connectivity index (χ3n) is 4.01. The van der Waals surface area contributed by atoms with Crippen LogP contribution in [-0.2, 0) is 0 Å². The molecular weight excluding hydrogens is 311 g/mol. The van der Waals surface area contributed by atoms with E-state index in [-0.39, 0.29) is 0 Å². The molecule has 0 aromatic rings. The lowest BCUT2D eigenvalue weighted by Gasteiger charge is -2.41. The zero-order valence-electron chi connectivity index (χ0n) is 11.3. The van der Waals surface area contributed by atoms with E-state index in [0.717, 1.165) is 0 Å². The molecule has 0 aliphatic carbocycles. The van der Waals surface area contributed by atoms with Gasteiger partial charge in [0, 0.05) is 17.0 Å². The minimum atomic E-state index is 0.580. The second-order valence-electron chi connectivity index (χ2n) is 5.80. The van der Waals surface area contributed by atoms with Crippen molar-refractivity contribution < 1.29 is 0 Å². The van der Waals surface area contributed by atoms with Crippen LogP contribution in [0.4, 0.5) is 0 Å². The Bertz CT molecular complexity index is 208. The van der Waals surface area contributed by atoms with Crippen LogP contribution in [0.5, 0.6) is 0 Å². The average Bonchev–Trinajstić information content (AvgIpc) is 2.26. The monoisotopic (exact) mass is 338 g/mol. The van der Waals surface area contributed by atoms with Crippen LogP contribution in [0, 0.1) is 5.41 Å². The van der Waals surface area contributed by atoms with Crippen LogP contribution in [0.2, 0.25) is 0 Å². The third-order valence-corrected chi connectivity index (χ3v) is 5.63. The Balaban J connectivity index is 2.46. The van der Waals surface area contributed by atoms with Gasteiger partial charge in [0.25, 0.3) is 0 Å². The number of rotatable bonds is 5. The van der Waals surface area contributed by atoms with Gasteiger partial charge in [0.05, 0.1) is 0 Å². The summed E-state index contributed by atoms with van der Waals surface area (Å²) in [5.41, 5.74) is 0.580. The van der Waals surface area contributed by atoms with E-state index < -0.39 is 0 Å². The molecule has 0 spiro atoms. The van der Waals surface area contributed by atoms with Crippen molar-refractivity contribution in [3.05, 3.63) is 0 Å². The van der Waals surface area contributed by atoms with Gasteiger partial charge in [-0.05, 0) is 65.7 Å². The number of likely N-dealkylation sites (tertiary alicyclic amines) is 1. The summed E-state index contributed by atoms with van der Waals surface area (Å²) in [4.78, 5) is 4.99. The molecule has 1 unspecified atom stereocenters. The van der Waals surface area contributed by atoms with E-state index in [1.54, 1.807) is 0 Å². The minimum Gasteiger partial charge on any atom is -0.306 e. The molecular formula is C13H27IN2. The van der Waals surface area contributed by atoms with Crippen LogP contribution in [-0.4, -0.2) is 54.0 Å². The summed E-state index contributed by atoms with van der Waals surface area (Å²) in [6.45, 7) is 8.39. The summed E-state index contributed by atoms with van der Waals surface area (Å²) in [6, 6.07) is 0.674. The van der Waals surface area contributed by atoms with Crippen LogP contribution in [0.3, 0.4) is 0 Å². The van der Waals surface area contributed by atoms with E-state index in [0.29, 0.717) is 11.5 Å². The first-order valence-corrected chi connectivity index (χ1v) is 7.96. The molecule has 3 heteroatoms. The van der Waals surface area contributed by atoms with Gasteiger partial charge in [-0.15, -0.1) is 0 Å². The largest absolute Gasteiger partial charge is 0.306 e. The fraction of sp³-hybridized carbons (Fsp3) is 1.00. The average molecular weight is 338 g/mol. The van der Waals surface area contributed by atoms with E-state index in [1.807, 2.05) is 0 Å². The molecule has 0 amide bonds. The summed E-state index contributed by atoms with van der Waals surface area (Å²) >= 11 is 2.59. The Kier molecular flexibility index (Phi) is 6.02. The zero-order chi connectivity index (χ0) is 12.2. The van der Waals surface area contributed by atoms with Gasteiger partial charge in [0.15, 0.2) is 0 Å². The number of piperidine rings is 1. The first-order valence-electron chi connectivity index (χ1n) is 6.44. The van der Waals surface area contributed by atoms with Crippen LogP contribution in [0.15, 0.2) is 0 Å². The van der Waals surface area contributed by atoms with Crippen molar-refractivity contribution in [2.45, 2.75) is 39.2 Å². The predicted molar refractivity (Wildman–Crippen MR) is 80.4 cm³/mol. The molecule has 1 atom stereocenters. The molecule has 1 fully saturated rings. The summed E-state index contributed by atoms with van der Waals surface area (Å²) in [5, 5.41) is 0. The van der Waals surface area contributed by atoms with Gasteiger partial charge in [-0.25, -0.2) is 0 Å². The predicted octanol–water partition coefficient (Wildman–Crippen LogP) is 2.86. The molecule has 16 heavy (non-hydrogen) atoms. The first-order chi connectivity index (χ1) is 7.49. The van der Waals surface area contributed by atoms with E-state index in [2.05, 4.69) is 60.3 Å². The molecule has 1 saturated heterocycles. The lowest BCUT2D eigenvalue weighted by Crippen LogP contribution is -2.44. The normalized spacial score (nSPS) is 27.9. The van der Waals surface area contributed by atoms with Crippen molar-refractivity contribution in [2.24, 2.45) is 5.41 Å². The summed E-state index contributed by atoms with van der Waals surface area (Å²) in [7, 11) is 4.52. The SMILES string of the molecule is CC(C)N(C)CCC1(CI)CCCN(C)C1. The van der Waals surface area contributed by atoms with Crippen molar-refractivity contribution in [2.75, 3.05) is 38.2 Å². The quantitative estimate of drug-likeness (QED) is 0.562. The van der Waals surface area contributed by atoms with E-state index in [9.17, 15) is 0 Å². The number of hydrogen-bond donors (Lipinski definition) is 0. The van der Waals surface area contributed by atoms with Crippen LogP contribution >= 0.6 is 22.6 Å². The molecule has 1 heterocycles. The Morgan fingerprint density at radius 3 is 2.62 bits per heavy atom. The fourth-order valence-electron chi connectivity index (χ4n) is 2.51. The second-order valence-corrected chi connectivity index (χ2v) is 6.56. The Hall–Kier alpha value is 0.650. The lowest BCUT2D eigenvalue weighted by molar-refractivity contribution is 0.106. The molecule has 1 aliphatic heterocycles. The molecule has 0 saturated carbocycles. The van der Waals surface area contributed by atoms with Crippen molar-refractivity contribution in [1.29, 1.82) is 0 Å². The number of alkyl halides is 1. The van der Waals surface area contributed by atoms with Crippen molar-refractivity contribution >= 4 is 22.6 Å². The van der Waals surface area contributed by atoms with Gasteiger partial charge in [-0.2, -0.15) is 0 Å². The Morgan fingerprint density at radius 2 is 2.12 bits per heavy atom. The van der Waals surface area contributed by atoms with Crippen LogP contribution < -0.4 is 0 Å². The number of nitrogens with zero attached hydrogens (tertiary/aromatic N) is 2. The van der Waals surface area contributed by atoms with Crippen molar-refractivity contribution in [3.63, 3.8) is 0 Å². The van der Waals surface area contributed by atoms with Gasteiger partial charge in [0.1, 0.15) is 0 Å². The maximum atomic E-state index is 2.59. The second kappa shape index (κ2) is 6.55. The lowest BCUT2D eigenvalue weighted by atomic mass is 9.79. The Morgan fingerprint density at radius 1 is 1.44 bits per heavy atom. The molecule has 96 valence electrons. The van der Waals surface area contributed by atoms with E-state index in [4.69, 9.17) is 0 Å². The summed E-state index contributed by atoms with van der Waals surface area (Å²) in [5.74, 6) is 0. The number of hydrogen-bond acceptors (Lipinski definition) is 2. The molecule has 0 aromatic heterocycles. The molecule has 0 aromatic carbocycles. The minimum absolute atomic E-state index is 0.580. The van der Waals surface area contributed by atoms with Crippen molar-refractivity contribution in [1.82, 2.24) is 9.80 Å². The Labute approximate surface area is 115 Å². The standard InChI is InChI=1S/C13H27IN2/c1-12(2)16(4)9-7-13(10-14)6-5-8-15(3)11-13/h12H,5-11H2,1-4H3. The highest BCUT2D eigenvalue weighted by atomic mass is 127. The maximum absolute atomic E-state index is 2.59. The molecule has 0 N–H and O–H groups in total. The fourth-order valence-corrected chi connectivity index (χ4v) is 3.51. The highest BCUT2D eigenvalue weighted by molar-refractivity contribution is 14.1. The zero-order valence-corrected chi connectivity index (χ0v) is 13.5. The topological polar surface area (TPSA) is 6.48 Å². The third kappa shape index (κ3) is 4.15. The van der Waals surface area contributed by atoms with Crippen LogP contribution in [0.25, 0.3) is 0 Å². The number of halogens is 1. The molecule has 1 rings (SSSR count). The van der Waals surface area contributed by atoms with E-state index >= 15 is 0 Å². The highest BCUT2D eigenvalue weighted by Gasteiger charge is 2.33. The van der Waals surface area contributed by atoms with Gasteiger partial charge in [0.2, 0.25) is 0 Å². The first kappa shape index (κ1) is 14.7. The smallest absolute Gasteiger partial charge is 0.00647 e. The summed E-state index contributed by atoms with van der Waals surface area (Å²) < 4.78 is 1.31. The molecule has 1 aliphatic rings. The van der Waals surface area contributed by atoms with Gasteiger partial charge < -0.3 is 9.80 Å². The molecule has 0 radical (unpaired) electrons. The van der Waals surface area contributed by atoms with Gasteiger partial charge in [-0.1, -0.05) is 22.6 Å². The van der Waals surface area contributed by atoms with E-state index in [1.165, 1.54) is 43.3 Å². The van der Waals surface area contributed by atoms with Crippen LogP contribution in [0.1, 0.15) is 33.1 Å². The van der Waals surface area contributed by atoms with Gasteiger partial charge >= 0.3 is 0 Å². The highest BCUT2D eigenvalue weighted by Crippen LogP contribution is 2.35.